The minimum Gasteiger partial charge on any atom is -0.354 e. The second kappa shape index (κ2) is 9.80. The predicted molar refractivity (Wildman–Crippen MR) is 134 cm³/mol. The number of aromatic nitrogens is 4. The van der Waals surface area contributed by atoms with Crippen LogP contribution in [0.25, 0.3) is 0 Å². The molecule has 0 bridgehead atoms. The van der Waals surface area contributed by atoms with E-state index in [1.807, 2.05) is 50.2 Å². The number of nitrogens with zero attached hydrogens (tertiary/aromatic N) is 5. The number of amides is 1. The lowest BCUT2D eigenvalue weighted by Crippen LogP contribution is -2.47. The zero-order chi connectivity index (χ0) is 23.5. The second-order valence-electron chi connectivity index (χ2n) is 9.12. The van der Waals surface area contributed by atoms with E-state index in [9.17, 15) is 4.79 Å². The van der Waals surface area contributed by atoms with Crippen molar-refractivity contribution in [2.75, 3.05) is 41.7 Å². The number of anilines is 4. The van der Waals surface area contributed by atoms with Crippen molar-refractivity contribution in [2.45, 2.75) is 45.6 Å². The first-order valence-corrected chi connectivity index (χ1v) is 12.1. The van der Waals surface area contributed by atoms with Crippen molar-refractivity contribution < 1.29 is 4.79 Å². The highest BCUT2D eigenvalue weighted by Gasteiger charge is 2.31. The highest BCUT2D eigenvalue weighted by Crippen LogP contribution is 2.29. The molecule has 178 valence electrons. The Balaban J connectivity index is 1.38. The van der Waals surface area contributed by atoms with Gasteiger partial charge in [-0.1, -0.05) is 19.1 Å². The summed E-state index contributed by atoms with van der Waals surface area (Å²) in [7, 11) is 0. The molecule has 2 fully saturated rings. The molecule has 3 N–H and O–H groups in total. The summed E-state index contributed by atoms with van der Waals surface area (Å²) in [4.78, 5) is 26.5. The van der Waals surface area contributed by atoms with Gasteiger partial charge < -0.3 is 15.5 Å². The third-order valence-electron chi connectivity index (χ3n) is 6.32. The molecule has 1 amide bonds. The summed E-state index contributed by atoms with van der Waals surface area (Å²) in [6.45, 7) is 7.89. The van der Waals surface area contributed by atoms with Crippen LogP contribution in [0.4, 0.5) is 23.1 Å². The van der Waals surface area contributed by atoms with E-state index in [-0.39, 0.29) is 5.91 Å². The number of rotatable bonds is 8. The lowest BCUT2D eigenvalue weighted by atomic mass is 10.1. The van der Waals surface area contributed by atoms with Crippen molar-refractivity contribution in [2.24, 2.45) is 0 Å². The largest absolute Gasteiger partial charge is 0.354 e. The lowest BCUT2D eigenvalue weighted by molar-refractivity contribution is -0.115. The first-order valence-electron chi connectivity index (χ1n) is 12.1. The van der Waals surface area contributed by atoms with E-state index in [4.69, 9.17) is 9.97 Å². The number of hydrogen-bond acceptors (Lipinski definition) is 7. The van der Waals surface area contributed by atoms with Crippen molar-refractivity contribution in [3.05, 3.63) is 53.5 Å². The fraction of sp³-hybridized carbons (Fsp3) is 0.440. The molecule has 1 aromatic carbocycles. The molecular formula is C25H32N8O. The highest BCUT2D eigenvalue weighted by atomic mass is 16.1. The minimum atomic E-state index is 0.00141. The molecule has 9 heteroatoms. The van der Waals surface area contributed by atoms with Crippen LogP contribution in [0, 0.1) is 6.92 Å². The number of carbonyl (C=O) groups excluding carboxylic acids is 1. The van der Waals surface area contributed by atoms with Crippen LogP contribution in [0.5, 0.6) is 0 Å². The van der Waals surface area contributed by atoms with Gasteiger partial charge in [-0.05, 0) is 37.5 Å². The normalized spacial score (nSPS) is 16.5. The molecule has 1 saturated carbocycles. The summed E-state index contributed by atoms with van der Waals surface area (Å²) in [5.41, 5.74) is 2.83. The van der Waals surface area contributed by atoms with Gasteiger partial charge in [-0.15, -0.1) is 0 Å². The maximum Gasteiger partial charge on any atom is 0.224 e. The van der Waals surface area contributed by atoms with E-state index < -0.39 is 0 Å². The Hall–Kier alpha value is -3.46. The van der Waals surface area contributed by atoms with Crippen LogP contribution in [0.15, 0.2) is 36.4 Å². The zero-order valence-corrected chi connectivity index (χ0v) is 19.8. The summed E-state index contributed by atoms with van der Waals surface area (Å²) >= 11 is 0. The number of aryl methyl sites for hydroxylation is 1. The van der Waals surface area contributed by atoms with Gasteiger partial charge in [0.05, 0.1) is 0 Å². The molecule has 0 radical (unpaired) electrons. The second-order valence-corrected chi connectivity index (χ2v) is 9.12. The lowest BCUT2D eigenvalue weighted by Gasteiger charge is -2.35. The molecule has 5 rings (SSSR count). The van der Waals surface area contributed by atoms with Crippen molar-refractivity contribution >= 4 is 29.0 Å². The number of carbonyl (C=O) groups is 1. The Morgan fingerprint density at radius 2 is 1.91 bits per heavy atom. The Bertz CT molecular complexity index is 1150. The quantitative estimate of drug-likeness (QED) is 0.473. The summed E-state index contributed by atoms with van der Waals surface area (Å²) < 4.78 is 0. The van der Waals surface area contributed by atoms with Crippen molar-refractivity contribution in [1.29, 1.82) is 0 Å². The number of aromatic amines is 1. The van der Waals surface area contributed by atoms with Crippen molar-refractivity contribution in [1.82, 2.24) is 25.1 Å². The van der Waals surface area contributed by atoms with E-state index in [0.29, 0.717) is 12.8 Å². The van der Waals surface area contributed by atoms with E-state index in [1.54, 1.807) is 0 Å². The van der Waals surface area contributed by atoms with Crippen LogP contribution in [0.3, 0.4) is 0 Å². The van der Waals surface area contributed by atoms with Gasteiger partial charge in [0, 0.05) is 68.6 Å². The van der Waals surface area contributed by atoms with E-state index >= 15 is 0 Å². The first-order chi connectivity index (χ1) is 16.6. The topological polar surface area (TPSA) is 102 Å². The fourth-order valence-electron chi connectivity index (χ4n) is 4.35. The van der Waals surface area contributed by atoms with E-state index in [2.05, 4.69) is 30.6 Å². The van der Waals surface area contributed by atoms with Gasteiger partial charge in [0.15, 0.2) is 5.82 Å². The Labute approximate surface area is 200 Å². The summed E-state index contributed by atoms with van der Waals surface area (Å²) in [6.07, 6.45) is 3.70. The zero-order valence-electron chi connectivity index (χ0n) is 19.8. The standard InChI is InChI=1S/C25H32N8O/c1-3-25(34)26-19-6-4-5-18(14-19)15-21-27-22(28-23-13-17(2)30-31-23)16-24(29-21)33-11-9-32(10-12-33)20-7-8-20/h4-6,13-14,16,20H,3,7-12,15H2,1-2H3,(H,26,34)(H2,27,28,29,30,31). The predicted octanol–water partition coefficient (Wildman–Crippen LogP) is 3.48. The average molecular weight is 461 g/mol. The molecule has 1 saturated heterocycles. The SMILES string of the molecule is CCC(=O)Nc1cccc(Cc2nc(Nc3cc(C)[nH]n3)cc(N3CCN(C4CC4)CC3)n2)c1. The smallest absolute Gasteiger partial charge is 0.224 e. The van der Waals surface area contributed by atoms with Crippen molar-refractivity contribution in [3.8, 4) is 0 Å². The third kappa shape index (κ3) is 5.53. The van der Waals surface area contributed by atoms with Crippen LogP contribution in [0.1, 0.15) is 43.3 Å². The molecule has 0 spiro atoms. The van der Waals surface area contributed by atoms with Crippen LogP contribution in [-0.2, 0) is 11.2 Å². The molecule has 34 heavy (non-hydrogen) atoms. The highest BCUT2D eigenvalue weighted by molar-refractivity contribution is 5.90. The molecule has 1 aliphatic carbocycles. The fourth-order valence-corrected chi connectivity index (χ4v) is 4.35. The Morgan fingerprint density at radius 1 is 1.09 bits per heavy atom. The molecule has 1 aliphatic heterocycles. The number of H-pyrrole nitrogens is 1. The van der Waals surface area contributed by atoms with Crippen LogP contribution >= 0.6 is 0 Å². The van der Waals surface area contributed by atoms with Gasteiger partial charge in [-0.25, -0.2) is 9.97 Å². The summed E-state index contributed by atoms with van der Waals surface area (Å²) in [6, 6.07) is 12.6. The third-order valence-corrected chi connectivity index (χ3v) is 6.32. The number of nitrogens with one attached hydrogen (secondary N) is 3. The number of piperazine rings is 1. The minimum absolute atomic E-state index is 0.00141. The maximum atomic E-state index is 11.8. The average Bonchev–Trinajstić information content (AvgIpc) is 3.61. The first kappa shape index (κ1) is 22.3. The molecule has 2 aromatic heterocycles. The Kier molecular flexibility index (Phi) is 6.44. The molecule has 2 aliphatic rings. The van der Waals surface area contributed by atoms with Crippen LogP contribution in [-0.4, -0.2) is 63.2 Å². The number of benzene rings is 1. The van der Waals surface area contributed by atoms with E-state index in [1.165, 1.54) is 12.8 Å². The molecular weight excluding hydrogens is 428 g/mol. The van der Waals surface area contributed by atoms with Gasteiger partial charge in [-0.3, -0.25) is 14.8 Å². The summed E-state index contributed by atoms with van der Waals surface area (Å²) in [5.74, 6) is 3.13. The van der Waals surface area contributed by atoms with Gasteiger partial charge in [0.2, 0.25) is 5.91 Å². The molecule has 0 atom stereocenters. The van der Waals surface area contributed by atoms with E-state index in [0.717, 1.165) is 72.4 Å². The number of hydrogen-bond donors (Lipinski definition) is 3. The van der Waals surface area contributed by atoms with Gasteiger partial charge in [0.1, 0.15) is 17.5 Å². The molecule has 3 aromatic rings. The molecule has 3 heterocycles. The van der Waals surface area contributed by atoms with Gasteiger partial charge in [-0.2, -0.15) is 5.10 Å². The Morgan fingerprint density at radius 3 is 2.62 bits per heavy atom. The van der Waals surface area contributed by atoms with Crippen LogP contribution in [0.2, 0.25) is 0 Å². The monoisotopic (exact) mass is 460 g/mol. The molecule has 9 nitrogen and oxygen atoms in total. The van der Waals surface area contributed by atoms with Crippen molar-refractivity contribution in [3.63, 3.8) is 0 Å². The van der Waals surface area contributed by atoms with Gasteiger partial charge >= 0.3 is 0 Å². The summed E-state index contributed by atoms with van der Waals surface area (Å²) in [5, 5.41) is 13.5. The maximum absolute atomic E-state index is 11.8. The van der Waals surface area contributed by atoms with Gasteiger partial charge in [0.25, 0.3) is 0 Å². The molecule has 0 unspecified atom stereocenters. The van der Waals surface area contributed by atoms with Crippen LogP contribution < -0.4 is 15.5 Å².